The highest BCUT2D eigenvalue weighted by molar-refractivity contribution is 7.92. The summed E-state index contributed by atoms with van der Waals surface area (Å²) in [6, 6.07) is 19.1. The van der Waals surface area contributed by atoms with Crippen molar-refractivity contribution in [1.82, 2.24) is 5.32 Å². The summed E-state index contributed by atoms with van der Waals surface area (Å²) < 4.78 is 44.4. The number of para-hydroxylation sites is 1. The molecule has 1 amide bonds. The van der Waals surface area contributed by atoms with Gasteiger partial charge in [0.05, 0.1) is 31.6 Å². The Kier molecular flexibility index (Phi) is 7.15. The Hall–Kier alpha value is -3.39. The minimum atomic E-state index is -3.60. The number of hydrogen-bond donors (Lipinski definition) is 1. The number of amides is 1. The van der Waals surface area contributed by atoms with Crippen molar-refractivity contribution in [2.75, 3.05) is 17.7 Å². The van der Waals surface area contributed by atoms with Crippen LogP contribution in [-0.4, -0.2) is 27.7 Å². The fraction of sp³-hybridized carbons (Fsp3) is 0.208. The molecule has 0 aromatic heterocycles. The molecule has 0 heterocycles. The summed E-state index contributed by atoms with van der Waals surface area (Å²) in [6.45, 7) is 1.91. The summed E-state index contributed by atoms with van der Waals surface area (Å²) in [5, 5.41) is 2.92. The van der Waals surface area contributed by atoms with E-state index < -0.39 is 15.8 Å². The molecule has 6 nitrogen and oxygen atoms in total. The number of nitrogens with zero attached hydrogens (tertiary/aromatic N) is 1. The predicted octanol–water partition coefficient (Wildman–Crippen LogP) is 4.29. The van der Waals surface area contributed by atoms with E-state index in [1.165, 1.54) is 28.6 Å². The highest BCUT2D eigenvalue weighted by Crippen LogP contribution is 2.25. The zero-order valence-corrected chi connectivity index (χ0v) is 18.9. The number of halogens is 1. The number of hydrogen-bond acceptors (Lipinski definition) is 4. The Morgan fingerprint density at radius 3 is 2.25 bits per heavy atom. The van der Waals surface area contributed by atoms with Crippen molar-refractivity contribution in [3.8, 4) is 5.75 Å². The van der Waals surface area contributed by atoms with Crippen LogP contribution in [0.1, 0.15) is 34.5 Å². The summed E-state index contributed by atoms with van der Waals surface area (Å²) in [7, 11) is -2.02. The van der Waals surface area contributed by atoms with Gasteiger partial charge in [-0.2, -0.15) is 0 Å². The molecule has 8 heteroatoms. The summed E-state index contributed by atoms with van der Waals surface area (Å²) in [4.78, 5) is 12.7. The summed E-state index contributed by atoms with van der Waals surface area (Å²) in [5.41, 5.74) is 2.30. The third-order valence-corrected chi connectivity index (χ3v) is 6.15. The number of benzene rings is 3. The van der Waals surface area contributed by atoms with E-state index in [9.17, 15) is 17.6 Å². The molecule has 0 fully saturated rings. The molecular weight excluding hydrogens is 431 g/mol. The van der Waals surface area contributed by atoms with Gasteiger partial charge in [-0.15, -0.1) is 0 Å². The van der Waals surface area contributed by atoms with Crippen LogP contribution in [0.4, 0.5) is 10.1 Å². The average molecular weight is 457 g/mol. The average Bonchev–Trinajstić information content (AvgIpc) is 2.78. The molecule has 0 bridgehead atoms. The molecule has 0 aliphatic rings. The normalized spacial score (nSPS) is 12.1. The molecule has 168 valence electrons. The highest BCUT2D eigenvalue weighted by Gasteiger charge is 2.19. The monoisotopic (exact) mass is 456 g/mol. The van der Waals surface area contributed by atoms with Gasteiger partial charge in [0.15, 0.2) is 0 Å². The number of anilines is 1. The largest absolute Gasteiger partial charge is 0.496 e. The van der Waals surface area contributed by atoms with Crippen LogP contribution < -0.4 is 14.4 Å². The third-order valence-electron chi connectivity index (χ3n) is 5.01. The summed E-state index contributed by atoms with van der Waals surface area (Å²) in [6.07, 6.45) is 1.10. The quantitative estimate of drug-likeness (QED) is 0.549. The summed E-state index contributed by atoms with van der Waals surface area (Å²) in [5.74, 6) is -0.00277. The second-order valence-corrected chi connectivity index (χ2v) is 9.29. The molecule has 0 unspecified atom stereocenters. The first-order chi connectivity index (χ1) is 15.2. The molecule has 32 heavy (non-hydrogen) atoms. The van der Waals surface area contributed by atoms with Crippen LogP contribution in [0.2, 0.25) is 0 Å². The van der Waals surface area contributed by atoms with E-state index in [1.54, 1.807) is 31.4 Å². The Balaban J connectivity index is 1.77. The van der Waals surface area contributed by atoms with Crippen LogP contribution in [0.5, 0.6) is 5.75 Å². The molecule has 0 saturated heterocycles. The molecule has 1 N–H and O–H groups in total. The van der Waals surface area contributed by atoms with Crippen molar-refractivity contribution < 1.29 is 22.3 Å². The van der Waals surface area contributed by atoms with Crippen LogP contribution in [0.3, 0.4) is 0 Å². The Labute approximate surface area is 187 Å². The standard InChI is InChI=1S/C24H25FN2O4S/c1-17(22-6-4-5-7-23(22)31-2)26-24(28)19-10-14-21(15-11-19)27(32(3,29)30)16-18-8-12-20(25)13-9-18/h4-15,17H,16H2,1-3H3,(H,26,28)/t17-/m0/s1. The van der Waals surface area contributed by atoms with Gasteiger partial charge >= 0.3 is 0 Å². The second kappa shape index (κ2) is 9.82. The van der Waals surface area contributed by atoms with Crippen LogP contribution >= 0.6 is 0 Å². The molecule has 0 aliphatic heterocycles. The van der Waals surface area contributed by atoms with E-state index in [4.69, 9.17) is 4.74 Å². The van der Waals surface area contributed by atoms with Gasteiger partial charge in [0.25, 0.3) is 5.91 Å². The minimum absolute atomic E-state index is 0.0511. The van der Waals surface area contributed by atoms with Crippen LogP contribution in [0.15, 0.2) is 72.8 Å². The van der Waals surface area contributed by atoms with E-state index in [2.05, 4.69) is 5.32 Å². The number of carbonyl (C=O) groups is 1. The zero-order chi connectivity index (χ0) is 23.3. The molecule has 1 atom stereocenters. The van der Waals surface area contributed by atoms with Crippen molar-refractivity contribution in [2.45, 2.75) is 19.5 Å². The fourth-order valence-electron chi connectivity index (χ4n) is 3.32. The van der Waals surface area contributed by atoms with Gasteiger partial charge in [-0.1, -0.05) is 30.3 Å². The number of sulfonamides is 1. The minimum Gasteiger partial charge on any atom is -0.496 e. The van der Waals surface area contributed by atoms with E-state index >= 15 is 0 Å². The van der Waals surface area contributed by atoms with Crippen LogP contribution in [0.25, 0.3) is 0 Å². The predicted molar refractivity (Wildman–Crippen MR) is 123 cm³/mol. The first-order valence-corrected chi connectivity index (χ1v) is 11.8. The number of carbonyl (C=O) groups excluding carboxylic acids is 1. The number of ether oxygens (including phenoxy) is 1. The molecule has 3 aromatic rings. The smallest absolute Gasteiger partial charge is 0.251 e. The molecule has 0 spiro atoms. The van der Waals surface area contributed by atoms with Gasteiger partial charge in [-0.05, 0) is 55.0 Å². The van der Waals surface area contributed by atoms with Crippen molar-refractivity contribution >= 4 is 21.6 Å². The lowest BCUT2D eigenvalue weighted by atomic mass is 10.1. The van der Waals surface area contributed by atoms with E-state index in [0.29, 0.717) is 22.6 Å². The van der Waals surface area contributed by atoms with Gasteiger partial charge in [-0.25, -0.2) is 12.8 Å². The first-order valence-electron chi connectivity index (χ1n) is 9.95. The van der Waals surface area contributed by atoms with Crippen LogP contribution in [-0.2, 0) is 16.6 Å². The lowest BCUT2D eigenvalue weighted by molar-refractivity contribution is 0.0939. The first kappa shape index (κ1) is 23.3. The highest BCUT2D eigenvalue weighted by atomic mass is 32.2. The van der Waals surface area contributed by atoms with Crippen molar-refractivity contribution in [3.05, 3.63) is 95.3 Å². The van der Waals surface area contributed by atoms with Gasteiger partial charge in [0.1, 0.15) is 11.6 Å². The molecule has 0 aliphatic carbocycles. The third kappa shape index (κ3) is 5.64. The number of rotatable bonds is 8. The molecule has 3 aromatic carbocycles. The van der Waals surface area contributed by atoms with Crippen molar-refractivity contribution in [3.63, 3.8) is 0 Å². The molecule has 3 rings (SSSR count). The maximum atomic E-state index is 13.2. The Morgan fingerprint density at radius 1 is 1.03 bits per heavy atom. The SMILES string of the molecule is COc1ccccc1[C@H](C)NC(=O)c1ccc(N(Cc2ccc(F)cc2)S(C)(=O)=O)cc1. The molecular formula is C24H25FN2O4S. The number of nitrogens with one attached hydrogen (secondary N) is 1. The maximum absolute atomic E-state index is 13.2. The van der Waals surface area contributed by atoms with Crippen LogP contribution in [0, 0.1) is 5.82 Å². The van der Waals surface area contributed by atoms with Crippen molar-refractivity contribution in [2.24, 2.45) is 0 Å². The Morgan fingerprint density at radius 2 is 1.66 bits per heavy atom. The van der Waals surface area contributed by atoms with E-state index in [0.717, 1.165) is 11.8 Å². The zero-order valence-electron chi connectivity index (χ0n) is 18.1. The van der Waals surface area contributed by atoms with Gasteiger partial charge in [0.2, 0.25) is 10.0 Å². The summed E-state index contributed by atoms with van der Waals surface area (Å²) >= 11 is 0. The second-order valence-electron chi connectivity index (χ2n) is 7.38. The van der Waals surface area contributed by atoms with Crippen molar-refractivity contribution in [1.29, 1.82) is 0 Å². The lowest BCUT2D eigenvalue weighted by Crippen LogP contribution is -2.29. The molecule has 0 saturated carbocycles. The fourth-order valence-corrected chi connectivity index (χ4v) is 4.20. The van der Waals surface area contributed by atoms with Gasteiger partial charge < -0.3 is 10.1 Å². The van der Waals surface area contributed by atoms with E-state index in [1.807, 2.05) is 31.2 Å². The molecule has 0 radical (unpaired) electrons. The van der Waals surface area contributed by atoms with Gasteiger partial charge in [0, 0.05) is 11.1 Å². The maximum Gasteiger partial charge on any atom is 0.251 e. The topological polar surface area (TPSA) is 75.7 Å². The lowest BCUT2D eigenvalue weighted by Gasteiger charge is -2.23. The van der Waals surface area contributed by atoms with Gasteiger partial charge in [-0.3, -0.25) is 9.10 Å². The number of methoxy groups -OCH3 is 1. The van der Waals surface area contributed by atoms with E-state index in [-0.39, 0.29) is 18.5 Å². The Bertz CT molecular complexity index is 1180.